The first kappa shape index (κ1) is 28.1. The van der Waals surface area contributed by atoms with Gasteiger partial charge in [-0.05, 0) is 107 Å². The van der Waals surface area contributed by atoms with Crippen molar-refractivity contribution >= 4 is 77.3 Å². The van der Waals surface area contributed by atoms with Gasteiger partial charge < -0.3 is 4.90 Å². The molecule has 0 atom stereocenters. The Morgan fingerprint density at radius 1 is 0.396 bits per heavy atom. The number of fused-ring (bicyclic) bond motifs is 1. The van der Waals surface area contributed by atoms with Crippen LogP contribution in [0, 0.1) is 13.8 Å². The zero-order chi connectivity index (χ0) is 32.2. The van der Waals surface area contributed by atoms with Gasteiger partial charge in [0.25, 0.3) is 0 Å². The molecule has 9 rings (SSSR count). The molecule has 0 aliphatic rings. The topological polar surface area (TPSA) is 19.4 Å². The van der Waals surface area contributed by atoms with Crippen molar-refractivity contribution in [1.82, 2.24) is 4.98 Å². The molecule has 0 amide bonds. The molecular formula is C45H33N3. The van der Waals surface area contributed by atoms with E-state index < -0.39 is 0 Å². The molecule has 0 aliphatic heterocycles. The number of nitrogens with zero attached hydrogens (tertiary/aromatic N) is 3. The number of para-hydroxylation sites is 2. The van der Waals surface area contributed by atoms with Crippen molar-refractivity contribution in [2.75, 3.05) is 9.80 Å². The Labute approximate surface area is 280 Å². The third-order valence-electron chi connectivity index (χ3n) is 9.67. The Morgan fingerprint density at radius 2 is 0.917 bits per heavy atom. The van der Waals surface area contributed by atoms with Gasteiger partial charge in [-0.3, -0.25) is 4.90 Å². The molecule has 48 heavy (non-hydrogen) atoms. The second-order valence-electron chi connectivity index (χ2n) is 12.5. The van der Waals surface area contributed by atoms with E-state index in [0.29, 0.717) is 0 Å². The van der Waals surface area contributed by atoms with E-state index in [4.69, 9.17) is 4.98 Å². The minimum atomic E-state index is 0.888. The standard InChI is InChI=1S/C45H33N3/c1-30-28-41(47(33-16-5-3-6-17-33)34-18-7-4-8-19-34)38-25-23-36-31(2)29-42(39-26-24-35(30)44(38)45(36)39)48(43-22-11-12-27-46-43)40-21-13-15-32-14-9-10-20-37(32)40/h3-29H,1-2H3. The zero-order valence-electron chi connectivity index (χ0n) is 26.9. The maximum Gasteiger partial charge on any atom is 0.137 e. The molecule has 0 N–H and O–H groups in total. The van der Waals surface area contributed by atoms with Crippen molar-refractivity contribution in [3.8, 4) is 0 Å². The predicted octanol–water partition coefficient (Wildman–Crippen LogP) is 12.7. The summed E-state index contributed by atoms with van der Waals surface area (Å²) in [4.78, 5) is 9.65. The Balaban J connectivity index is 1.38. The Hall–Kier alpha value is -6.19. The lowest BCUT2D eigenvalue weighted by Crippen LogP contribution is -2.13. The highest BCUT2D eigenvalue weighted by Crippen LogP contribution is 2.49. The molecule has 1 heterocycles. The lowest BCUT2D eigenvalue weighted by molar-refractivity contribution is 1.19. The number of benzene rings is 8. The van der Waals surface area contributed by atoms with E-state index >= 15 is 0 Å². The number of aromatic nitrogens is 1. The fraction of sp³-hybridized carbons (Fsp3) is 0.0444. The van der Waals surface area contributed by atoms with E-state index in [9.17, 15) is 0 Å². The summed E-state index contributed by atoms with van der Waals surface area (Å²) in [5.74, 6) is 0.888. The van der Waals surface area contributed by atoms with Gasteiger partial charge in [0, 0.05) is 33.7 Å². The molecule has 0 saturated carbocycles. The zero-order valence-corrected chi connectivity index (χ0v) is 26.9. The van der Waals surface area contributed by atoms with Gasteiger partial charge >= 0.3 is 0 Å². The molecule has 3 heteroatoms. The highest BCUT2D eigenvalue weighted by molar-refractivity contribution is 6.29. The van der Waals surface area contributed by atoms with Crippen LogP contribution in [-0.2, 0) is 0 Å². The summed E-state index contributed by atoms with van der Waals surface area (Å²) in [6.45, 7) is 4.48. The van der Waals surface area contributed by atoms with Crippen LogP contribution >= 0.6 is 0 Å². The van der Waals surface area contributed by atoms with Gasteiger partial charge in [-0.1, -0.05) is 103 Å². The maximum atomic E-state index is 4.92. The largest absolute Gasteiger partial charge is 0.310 e. The van der Waals surface area contributed by atoms with Crippen LogP contribution in [0.2, 0.25) is 0 Å². The Bertz CT molecular complexity index is 2530. The van der Waals surface area contributed by atoms with E-state index in [1.54, 1.807) is 0 Å². The molecule has 0 bridgehead atoms. The summed E-state index contributed by atoms with van der Waals surface area (Å²) in [5.41, 5.74) is 8.15. The molecule has 0 spiro atoms. The highest BCUT2D eigenvalue weighted by atomic mass is 15.2. The molecule has 3 nitrogen and oxygen atoms in total. The third-order valence-corrected chi connectivity index (χ3v) is 9.67. The molecule has 1 aromatic heterocycles. The maximum absolute atomic E-state index is 4.92. The number of hydrogen-bond donors (Lipinski definition) is 0. The van der Waals surface area contributed by atoms with E-state index in [0.717, 1.165) is 28.6 Å². The summed E-state index contributed by atoms with van der Waals surface area (Å²) in [6.07, 6.45) is 1.88. The van der Waals surface area contributed by atoms with Gasteiger partial charge in [0.15, 0.2) is 0 Å². The minimum absolute atomic E-state index is 0.888. The molecule has 8 aromatic carbocycles. The van der Waals surface area contributed by atoms with Crippen molar-refractivity contribution in [1.29, 1.82) is 0 Å². The lowest BCUT2D eigenvalue weighted by Gasteiger charge is -2.30. The smallest absolute Gasteiger partial charge is 0.137 e. The lowest BCUT2D eigenvalue weighted by atomic mass is 9.88. The molecule has 0 aliphatic carbocycles. The van der Waals surface area contributed by atoms with Crippen molar-refractivity contribution in [3.63, 3.8) is 0 Å². The molecule has 9 aromatic rings. The van der Waals surface area contributed by atoms with Crippen LogP contribution in [-0.4, -0.2) is 4.98 Å². The van der Waals surface area contributed by atoms with Crippen LogP contribution < -0.4 is 9.80 Å². The van der Waals surface area contributed by atoms with Crippen molar-refractivity contribution in [2.45, 2.75) is 13.8 Å². The average Bonchev–Trinajstić information content (AvgIpc) is 3.14. The van der Waals surface area contributed by atoms with Gasteiger partial charge in [0.1, 0.15) is 5.82 Å². The number of aryl methyl sites for hydroxylation is 2. The fourth-order valence-corrected chi connectivity index (χ4v) is 7.52. The number of anilines is 6. The van der Waals surface area contributed by atoms with E-state index in [2.05, 4.69) is 175 Å². The van der Waals surface area contributed by atoms with Gasteiger partial charge in [0.2, 0.25) is 0 Å². The quantitative estimate of drug-likeness (QED) is 0.174. The molecule has 0 saturated heterocycles. The van der Waals surface area contributed by atoms with Gasteiger partial charge in [-0.25, -0.2) is 4.98 Å². The first-order valence-corrected chi connectivity index (χ1v) is 16.5. The van der Waals surface area contributed by atoms with E-state index in [1.807, 2.05) is 12.3 Å². The second-order valence-corrected chi connectivity index (χ2v) is 12.5. The fourth-order valence-electron chi connectivity index (χ4n) is 7.52. The van der Waals surface area contributed by atoms with Crippen LogP contribution in [0.3, 0.4) is 0 Å². The molecule has 0 unspecified atom stereocenters. The summed E-state index contributed by atoms with van der Waals surface area (Å²) >= 11 is 0. The van der Waals surface area contributed by atoms with Gasteiger partial charge in [-0.2, -0.15) is 0 Å². The van der Waals surface area contributed by atoms with Crippen molar-refractivity contribution in [2.24, 2.45) is 0 Å². The summed E-state index contributed by atoms with van der Waals surface area (Å²) in [6, 6.07) is 56.7. The van der Waals surface area contributed by atoms with E-state index in [1.165, 1.54) is 59.9 Å². The third kappa shape index (κ3) is 4.39. The average molecular weight is 616 g/mol. The van der Waals surface area contributed by atoms with Crippen molar-refractivity contribution in [3.05, 3.63) is 175 Å². The minimum Gasteiger partial charge on any atom is -0.310 e. The SMILES string of the molecule is Cc1cc(N(c2ccccc2)c2ccccc2)c2ccc3c(C)cc(N(c4ccccn4)c4cccc5ccccc45)c4ccc1c2c34. The molecular weight excluding hydrogens is 583 g/mol. The normalized spacial score (nSPS) is 11.5. The van der Waals surface area contributed by atoms with E-state index in [-0.39, 0.29) is 0 Å². The number of pyridine rings is 1. The van der Waals surface area contributed by atoms with Crippen LogP contribution in [0.5, 0.6) is 0 Å². The first-order valence-electron chi connectivity index (χ1n) is 16.5. The predicted molar refractivity (Wildman–Crippen MR) is 204 cm³/mol. The van der Waals surface area contributed by atoms with Gasteiger partial charge in [-0.15, -0.1) is 0 Å². The number of hydrogen-bond acceptors (Lipinski definition) is 3. The Morgan fingerprint density at radius 3 is 1.52 bits per heavy atom. The highest BCUT2D eigenvalue weighted by Gasteiger charge is 2.24. The van der Waals surface area contributed by atoms with Crippen LogP contribution in [0.25, 0.3) is 43.1 Å². The Kier molecular flexibility index (Phi) is 6.58. The second kappa shape index (κ2) is 11.3. The molecule has 0 radical (unpaired) electrons. The van der Waals surface area contributed by atoms with Crippen LogP contribution in [0.15, 0.2) is 164 Å². The summed E-state index contributed by atoms with van der Waals surface area (Å²) in [7, 11) is 0. The molecule has 0 fully saturated rings. The number of rotatable bonds is 6. The summed E-state index contributed by atoms with van der Waals surface area (Å²) < 4.78 is 0. The van der Waals surface area contributed by atoms with Crippen LogP contribution in [0.4, 0.5) is 34.3 Å². The van der Waals surface area contributed by atoms with Crippen LogP contribution in [0.1, 0.15) is 11.1 Å². The van der Waals surface area contributed by atoms with Crippen molar-refractivity contribution < 1.29 is 0 Å². The summed E-state index contributed by atoms with van der Waals surface area (Å²) in [5, 5.41) is 9.95. The van der Waals surface area contributed by atoms with Gasteiger partial charge in [0.05, 0.1) is 17.1 Å². The monoisotopic (exact) mass is 615 g/mol. The first-order chi connectivity index (χ1) is 23.7. The molecule has 228 valence electrons.